The van der Waals surface area contributed by atoms with E-state index < -0.39 is 12.6 Å². The van der Waals surface area contributed by atoms with Crippen LogP contribution in [0.15, 0.2) is 6.04 Å². The average molecular weight is 421 g/mol. The van der Waals surface area contributed by atoms with Crippen molar-refractivity contribution in [2.75, 3.05) is 0 Å². The smallest absolute Gasteiger partial charge is 0.126 e. The molecular formula is C28H48O2. The summed E-state index contributed by atoms with van der Waals surface area (Å²) in [5, 5.41) is 10.4. The Hall–Kier alpha value is -1.18. The van der Waals surface area contributed by atoms with Crippen molar-refractivity contribution < 1.29 is 15.3 Å². The highest BCUT2D eigenvalue weighted by atomic mass is 16.5. The van der Waals surface area contributed by atoms with Crippen LogP contribution in [0.25, 0.3) is 0 Å². The van der Waals surface area contributed by atoms with Gasteiger partial charge in [-0.3, -0.25) is 0 Å². The van der Waals surface area contributed by atoms with Crippen LogP contribution in [-0.4, -0.2) is 10.7 Å². The van der Waals surface area contributed by atoms with Crippen molar-refractivity contribution in [2.45, 2.75) is 125 Å². The minimum atomic E-state index is -2.47. The van der Waals surface area contributed by atoms with Crippen LogP contribution in [0.4, 0.5) is 0 Å². The van der Waals surface area contributed by atoms with Gasteiger partial charge in [0, 0.05) is 4.11 Å². The van der Waals surface area contributed by atoms with Crippen LogP contribution >= 0.6 is 0 Å². The minimum absolute atomic E-state index is 0.0965. The van der Waals surface area contributed by atoms with Crippen LogP contribution in [0, 0.1) is 31.5 Å². The third-order valence-corrected chi connectivity index (χ3v) is 7.02. The van der Waals surface area contributed by atoms with E-state index in [2.05, 4.69) is 34.6 Å². The number of ether oxygens (including phenoxy) is 1. The second kappa shape index (κ2) is 11.4. The maximum atomic E-state index is 10.4. The van der Waals surface area contributed by atoms with Gasteiger partial charge in [0.1, 0.15) is 17.1 Å². The Kier molecular flexibility index (Phi) is 7.44. The Morgan fingerprint density at radius 2 is 1.63 bits per heavy atom. The number of rotatable bonds is 12. The van der Waals surface area contributed by atoms with Crippen molar-refractivity contribution in [3.05, 3.63) is 22.7 Å². The van der Waals surface area contributed by atoms with Gasteiger partial charge in [0.25, 0.3) is 0 Å². The SMILES string of the molecule is [2H]c1c(O)c(C([2H])([2H])[2H])c(C)c2c1CC[C@@](C)(CCC[C@H](C)CCC[C@H](C)CCCC(C)C)O2. The predicted molar refractivity (Wildman–Crippen MR) is 130 cm³/mol. The molecule has 0 saturated heterocycles. The molecule has 1 aromatic rings. The quantitative estimate of drug-likeness (QED) is 0.367. The van der Waals surface area contributed by atoms with Crippen LogP contribution < -0.4 is 4.74 Å². The van der Waals surface area contributed by atoms with Gasteiger partial charge in [0.05, 0.1) is 1.37 Å². The van der Waals surface area contributed by atoms with E-state index in [4.69, 9.17) is 10.2 Å². The van der Waals surface area contributed by atoms with E-state index >= 15 is 0 Å². The normalized spacial score (nSPS) is 23.0. The zero-order chi connectivity index (χ0) is 25.7. The average Bonchev–Trinajstić information content (AvgIpc) is 2.71. The summed E-state index contributed by atoms with van der Waals surface area (Å²) in [6, 6.07) is -0.0965. The lowest BCUT2D eigenvalue weighted by Crippen LogP contribution is -2.36. The molecule has 2 heteroatoms. The molecule has 0 aliphatic carbocycles. The zero-order valence-corrected chi connectivity index (χ0v) is 20.4. The second-order valence-electron chi connectivity index (χ2n) is 10.7. The number of fused-ring (bicyclic) bond motifs is 1. The Morgan fingerprint density at radius 3 is 2.23 bits per heavy atom. The van der Waals surface area contributed by atoms with E-state index in [0.717, 1.165) is 31.1 Å². The summed E-state index contributed by atoms with van der Waals surface area (Å²) in [6.07, 6.45) is 12.5. The Balaban J connectivity index is 1.86. The maximum absolute atomic E-state index is 10.4. The van der Waals surface area contributed by atoms with Crippen LogP contribution in [0.2, 0.25) is 0 Å². The molecule has 0 spiro atoms. The number of hydrogen-bond donors (Lipinski definition) is 1. The number of phenolic OH excluding ortho intramolecular Hbond substituents is 1. The number of hydrogen-bond acceptors (Lipinski definition) is 2. The van der Waals surface area contributed by atoms with Crippen molar-refractivity contribution in [2.24, 2.45) is 17.8 Å². The van der Waals surface area contributed by atoms with Gasteiger partial charge in [-0.05, 0) is 86.9 Å². The van der Waals surface area contributed by atoms with E-state index in [1.54, 1.807) is 6.92 Å². The summed E-state index contributed by atoms with van der Waals surface area (Å²) >= 11 is 0. The molecule has 0 fully saturated rings. The van der Waals surface area contributed by atoms with Crippen molar-refractivity contribution >= 4 is 0 Å². The number of aromatic hydroxyl groups is 1. The molecule has 0 saturated carbocycles. The van der Waals surface area contributed by atoms with Crippen molar-refractivity contribution in [3.63, 3.8) is 0 Å². The Morgan fingerprint density at radius 1 is 1.03 bits per heavy atom. The molecule has 30 heavy (non-hydrogen) atoms. The van der Waals surface area contributed by atoms with Crippen molar-refractivity contribution in [1.29, 1.82) is 0 Å². The molecule has 1 N–H and O–H groups in total. The molecule has 0 amide bonds. The summed E-state index contributed by atoms with van der Waals surface area (Å²) in [7, 11) is 0. The summed E-state index contributed by atoms with van der Waals surface area (Å²) < 4.78 is 38.0. The molecule has 0 bridgehead atoms. The molecule has 1 aromatic carbocycles. The molecule has 0 unspecified atom stereocenters. The van der Waals surface area contributed by atoms with E-state index in [-0.39, 0.29) is 17.2 Å². The molecule has 2 rings (SSSR count). The molecule has 172 valence electrons. The van der Waals surface area contributed by atoms with E-state index in [9.17, 15) is 5.11 Å². The van der Waals surface area contributed by atoms with Gasteiger partial charge in [-0.15, -0.1) is 0 Å². The highest BCUT2D eigenvalue weighted by molar-refractivity contribution is 5.53. The topological polar surface area (TPSA) is 29.5 Å². The molecule has 3 atom stereocenters. The Bertz CT molecular complexity index is 803. The molecule has 0 aromatic heterocycles. The summed E-state index contributed by atoms with van der Waals surface area (Å²) in [6.45, 7) is 10.7. The van der Waals surface area contributed by atoms with Crippen LogP contribution in [-0.2, 0) is 6.42 Å². The first-order chi connectivity index (χ1) is 15.7. The summed E-state index contributed by atoms with van der Waals surface area (Å²) in [5.41, 5.74) is 0.576. The first-order valence-corrected chi connectivity index (χ1v) is 12.3. The fourth-order valence-corrected chi connectivity index (χ4v) is 4.76. The van der Waals surface area contributed by atoms with E-state index in [1.807, 2.05) is 0 Å². The van der Waals surface area contributed by atoms with Crippen LogP contribution in [0.3, 0.4) is 0 Å². The lowest BCUT2D eigenvalue weighted by molar-refractivity contribution is 0.0514. The van der Waals surface area contributed by atoms with E-state index in [1.165, 1.54) is 44.9 Å². The van der Waals surface area contributed by atoms with Gasteiger partial charge in [-0.25, -0.2) is 0 Å². The van der Waals surface area contributed by atoms with Gasteiger partial charge in [0.15, 0.2) is 0 Å². The standard InChI is InChI=1S/C28H48O2/c1-20(2)11-8-12-21(3)13-9-14-22(4)15-10-17-28(7)18-16-25-19-26(29)23(5)24(6)27(25)30-28/h19-22,29H,8-18H2,1-7H3/t21-,22-,28-/m1/s1/i5D3,19D. The fourth-order valence-electron chi connectivity index (χ4n) is 4.76. The van der Waals surface area contributed by atoms with Gasteiger partial charge in [-0.1, -0.05) is 72.6 Å². The molecule has 0 radical (unpaired) electrons. The molecule has 1 aliphatic rings. The minimum Gasteiger partial charge on any atom is -0.508 e. The predicted octanol–water partition coefficient (Wildman–Crippen LogP) is 8.53. The first kappa shape index (κ1) is 19.5. The lowest BCUT2D eigenvalue weighted by atomic mass is 9.85. The number of phenols is 1. The monoisotopic (exact) mass is 420 g/mol. The maximum Gasteiger partial charge on any atom is 0.126 e. The highest BCUT2D eigenvalue weighted by Crippen LogP contribution is 2.42. The molecule has 1 heterocycles. The highest BCUT2D eigenvalue weighted by Gasteiger charge is 2.33. The third-order valence-electron chi connectivity index (χ3n) is 7.02. The molecular weight excluding hydrogens is 368 g/mol. The second-order valence-corrected chi connectivity index (χ2v) is 10.7. The lowest BCUT2D eigenvalue weighted by Gasteiger charge is -2.37. The van der Waals surface area contributed by atoms with Crippen molar-refractivity contribution in [1.82, 2.24) is 0 Å². The largest absolute Gasteiger partial charge is 0.508 e. The van der Waals surface area contributed by atoms with E-state index in [0.29, 0.717) is 29.2 Å². The van der Waals surface area contributed by atoms with Crippen LogP contribution in [0.1, 0.15) is 121 Å². The first-order valence-electron chi connectivity index (χ1n) is 14.3. The van der Waals surface area contributed by atoms with Crippen LogP contribution in [0.5, 0.6) is 11.5 Å². The van der Waals surface area contributed by atoms with Gasteiger partial charge < -0.3 is 9.84 Å². The van der Waals surface area contributed by atoms with Gasteiger partial charge >= 0.3 is 0 Å². The summed E-state index contributed by atoms with van der Waals surface area (Å²) in [4.78, 5) is 0. The zero-order valence-electron chi connectivity index (χ0n) is 24.4. The third kappa shape index (κ3) is 7.50. The molecule has 1 aliphatic heterocycles. The fraction of sp³-hybridized carbons (Fsp3) is 0.786. The Labute approximate surface area is 192 Å². The van der Waals surface area contributed by atoms with Gasteiger partial charge in [0.2, 0.25) is 0 Å². The van der Waals surface area contributed by atoms with Gasteiger partial charge in [-0.2, -0.15) is 0 Å². The number of benzene rings is 1. The molecule has 2 nitrogen and oxygen atoms in total. The summed E-state index contributed by atoms with van der Waals surface area (Å²) in [5.74, 6) is 2.41. The van der Waals surface area contributed by atoms with Crippen molar-refractivity contribution in [3.8, 4) is 11.5 Å².